The molecule has 1 unspecified atom stereocenters. The van der Waals surface area contributed by atoms with Crippen molar-refractivity contribution < 1.29 is 9.90 Å². The van der Waals surface area contributed by atoms with Crippen molar-refractivity contribution in [3.05, 3.63) is 24.3 Å². The molecular weight excluding hydrogens is 164 g/mol. The van der Waals surface area contributed by atoms with Crippen molar-refractivity contribution in [3.63, 3.8) is 0 Å². The van der Waals surface area contributed by atoms with Gasteiger partial charge in [0.15, 0.2) is 0 Å². The van der Waals surface area contributed by atoms with Crippen LogP contribution in [0.15, 0.2) is 24.3 Å². The van der Waals surface area contributed by atoms with Gasteiger partial charge in [0, 0.05) is 6.42 Å². The fourth-order valence-electron chi connectivity index (χ4n) is 1.16. The molecule has 0 fully saturated rings. The third kappa shape index (κ3) is 6.14. The van der Waals surface area contributed by atoms with Crippen molar-refractivity contribution in [2.75, 3.05) is 0 Å². The summed E-state index contributed by atoms with van der Waals surface area (Å²) >= 11 is 0. The lowest BCUT2D eigenvalue weighted by Crippen LogP contribution is -2.04. The Morgan fingerprint density at radius 1 is 1.62 bits per heavy atom. The first-order valence-corrected chi connectivity index (χ1v) is 4.56. The van der Waals surface area contributed by atoms with Crippen molar-refractivity contribution in [1.29, 1.82) is 0 Å². The Labute approximate surface area is 80.0 Å². The summed E-state index contributed by atoms with van der Waals surface area (Å²) in [6.45, 7) is 7.78. The fourth-order valence-corrected chi connectivity index (χ4v) is 1.16. The van der Waals surface area contributed by atoms with Gasteiger partial charge in [-0.15, -0.1) is 0 Å². The minimum atomic E-state index is -0.730. The van der Waals surface area contributed by atoms with Crippen LogP contribution in [0.4, 0.5) is 0 Å². The van der Waals surface area contributed by atoms with Crippen molar-refractivity contribution in [3.8, 4) is 0 Å². The standard InChI is InChI=1S/C11H18O2/c1-4-5-6-10(9(2)3)7-8-11(12)13/h4-5,10H,2,6-8H2,1,3H3,(H,12,13)/b5-4+. The lowest BCUT2D eigenvalue weighted by molar-refractivity contribution is -0.137. The molecule has 2 heteroatoms. The number of carbonyl (C=O) groups is 1. The lowest BCUT2D eigenvalue weighted by atomic mass is 9.93. The molecule has 0 saturated heterocycles. The molecule has 0 heterocycles. The predicted octanol–water partition coefficient (Wildman–Crippen LogP) is 3.01. The smallest absolute Gasteiger partial charge is 0.303 e. The summed E-state index contributed by atoms with van der Waals surface area (Å²) in [5, 5.41) is 8.52. The molecule has 0 radical (unpaired) electrons. The summed E-state index contributed by atoms with van der Waals surface area (Å²) in [6, 6.07) is 0. The molecule has 0 aliphatic heterocycles. The summed E-state index contributed by atoms with van der Waals surface area (Å²) in [5.74, 6) is -0.418. The highest BCUT2D eigenvalue weighted by Gasteiger charge is 2.09. The van der Waals surface area contributed by atoms with Gasteiger partial charge in [-0.25, -0.2) is 0 Å². The lowest BCUT2D eigenvalue weighted by Gasteiger charge is -2.13. The second-order valence-corrected chi connectivity index (χ2v) is 3.28. The van der Waals surface area contributed by atoms with E-state index in [4.69, 9.17) is 5.11 Å². The van der Waals surface area contributed by atoms with E-state index in [1.54, 1.807) is 0 Å². The van der Waals surface area contributed by atoms with Gasteiger partial charge in [0.05, 0.1) is 0 Å². The zero-order valence-electron chi connectivity index (χ0n) is 8.42. The van der Waals surface area contributed by atoms with Gasteiger partial charge in [-0.05, 0) is 32.6 Å². The van der Waals surface area contributed by atoms with E-state index in [1.807, 2.05) is 19.9 Å². The molecule has 0 bridgehead atoms. The van der Waals surface area contributed by atoms with Crippen LogP contribution in [-0.2, 0) is 4.79 Å². The van der Waals surface area contributed by atoms with E-state index in [0.717, 1.165) is 12.0 Å². The molecule has 0 saturated carbocycles. The highest BCUT2D eigenvalue weighted by molar-refractivity contribution is 5.66. The van der Waals surface area contributed by atoms with Gasteiger partial charge >= 0.3 is 5.97 Å². The Balaban J connectivity index is 3.94. The van der Waals surface area contributed by atoms with Gasteiger partial charge in [-0.1, -0.05) is 24.3 Å². The highest BCUT2D eigenvalue weighted by Crippen LogP contribution is 2.19. The quantitative estimate of drug-likeness (QED) is 0.641. The van der Waals surface area contributed by atoms with Gasteiger partial charge in [0.1, 0.15) is 0 Å². The zero-order valence-corrected chi connectivity index (χ0v) is 8.42. The van der Waals surface area contributed by atoms with Crippen LogP contribution in [0.3, 0.4) is 0 Å². The number of carboxylic acids is 1. The van der Waals surface area contributed by atoms with Gasteiger partial charge in [-0.3, -0.25) is 4.79 Å². The van der Waals surface area contributed by atoms with Gasteiger partial charge in [0.2, 0.25) is 0 Å². The highest BCUT2D eigenvalue weighted by atomic mass is 16.4. The number of aliphatic carboxylic acids is 1. The average Bonchev–Trinajstić information content (AvgIpc) is 2.03. The largest absolute Gasteiger partial charge is 0.481 e. The molecule has 0 rings (SSSR count). The molecule has 0 amide bonds. The van der Waals surface area contributed by atoms with Crippen molar-refractivity contribution in [2.45, 2.75) is 33.1 Å². The third-order valence-corrected chi connectivity index (χ3v) is 2.06. The normalized spacial score (nSPS) is 13.1. The van der Waals surface area contributed by atoms with Crippen LogP contribution in [0.1, 0.15) is 33.1 Å². The molecule has 0 aliphatic carbocycles. The van der Waals surface area contributed by atoms with Crippen LogP contribution in [0.25, 0.3) is 0 Å². The molecule has 13 heavy (non-hydrogen) atoms. The van der Waals surface area contributed by atoms with E-state index in [-0.39, 0.29) is 6.42 Å². The first-order valence-electron chi connectivity index (χ1n) is 4.56. The Morgan fingerprint density at radius 2 is 2.23 bits per heavy atom. The van der Waals surface area contributed by atoms with Crippen molar-refractivity contribution >= 4 is 5.97 Å². The number of rotatable bonds is 6. The average molecular weight is 182 g/mol. The predicted molar refractivity (Wildman–Crippen MR) is 54.6 cm³/mol. The van der Waals surface area contributed by atoms with Crippen LogP contribution >= 0.6 is 0 Å². The maximum atomic E-state index is 10.4. The van der Waals surface area contributed by atoms with Crippen molar-refractivity contribution in [1.82, 2.24) is 0 Å². The van der Waals surface area contributed by atoms with E-state index in [0.29, 0.717) is 12.3 Å². The van der Waals surface area contributed by atoms with E-state index in [2.05, 4.69) is 12.7 Å². The maximum Gasteiger partial charge on any atom is 0.303 e. The van der Waals surface area contributed by atoms with Crippen LogP contribution < -0.4 is 0 Å². The van der Waals surface area contributed by atoms with Gasteiger partial charge < -0.3 is 5.11 Å². The second kappa shape index (κ2) is 6.46. The van der Waals surface area contributed by atoms with Gasteiger partial charge in [-0.2, -0.15) is 0 Å². The molecule has 0 aromatic rings. The molecule has 0 aromatic carbocycles. The van der Waals surface area contributed by atoms with Crippen LogP contribution in [0.2, 0.25) is 0 Å². The summed E-state index contributed by atoms with van der Waals surface area (Å²) in [7, 11) is 0. The molecular formula is C11H18O2. The number of hydrogen-bond donors (Lipinski definition) is 1. The summed E-state index contributed by atoms with van der Waals surface area (Å²) in [4.78, 5) is 10.4. The summed E-state index contributed by atoms with van der Waals surface area (Å²) in [5.41, 5.74) is 1.07. The third-order valence-electron chi connectivity index (χ3n) is 2.06. The Morgan fingerprint density at radius 3 is 2.62 bits per heavy atom. The van der Waals surface area contributed by atoms with Crippen LogP contribution in [-0.4, -0.2) is 11.1 Å². The molecule has 1 atom stereocenters. The fraction of sp³-hybridized carbons (Fsp3) is 0.545. The molecule has 0 aromatic heterocycles. The SMILES string of the molecule is C=C(C)C(C/C=C/C)CCC(=O)O. The minimum Gasteiger partial charge on any atom is -0.481 e. The summed E-state index contributed by atoms with van der Waals surface area (Å²) < 4.78 is 0. The van der Waals surface area contributed by atoms with Gasteiger partial charge in [0.25, 0.3) is 0 Å². The number of carboxylic acid groups (broad SMARTS) is 1. The van der Waals surface area contributed by atoms with Crippen molar-refractivity contribution in [2.24, 2.45) is 5.92 Å². The first-order chi connectivity index (χ1) is 6.07. The van der Waals surface area contributed by atoms with Crippen LogP contribution in [0.5, 0.6) is 0 Å². The zero-order chi connectivity index (χ0) is 10.3. The molecule has 1 N–H and O–H groups in total. The first kappa shape index (κ1) is 11.9. The number of hydrogen-bond acceptors (Lipinski definition) is 1. The Kier molecular flexibility index (Phi) is 5.94. The molecule has 0 spiro atoms. The molecule has 2 nitrogen and oxygen atoms in total. The van der Waals surface area contributed by atoms with E-state index >= 15 is 0 Å². The maximum absolute atomic E-state index is 10.4. The Hall–Kier alpha value is -1.05. The number of allylic oxidation sites excluding steroid dienone is 3. The topological polar surface area (TPSA) is 37.3 Å². The monoisotopic (exact) mass is 182 g/mol. The van der Waals surface area contributed by atoms with E-state index in [9.17, 15) is 4.79 Å². The van der Waals surface area contributed by atoms with E-state index < -0.39 is 5.97 Å². The minimum absolute atomic E-state index is 0.231. The Bertz CT molecular complexity index is 204. The second-order valence-electron chi connectivity index (χ2n) is 3.28. The summed E-state index contributed by atoms with van der Waals surface area (Å²) in [6.07, 6.45) is 5.86. The molecule has 0 aliphatic rings. The molecule has 74 valence electrons. The van der Waals surface area contributed by atoms with Crippen LogP contribution in [0, 0.1) is 5.92 Å². The van der Waals surface area contributed by atoms with E-state index in [1.165, 1.54) is 0 Å².